The standard InChI is InChI=1S/C36H51FN4O6/c1-24-21-41(25(2)23-42)35(44)31-20-30(38-34(43)27-11-6-5-7-12-27)17-18-32(31)47-26(3)10-8-9-19-46-33(24)22-40(4)36(45)39-29-15-13-28(37)14-16-29/h13-18,20,24-27,33,42H,5-12,19,21-23H2,1-4H3,(H,38,43)(H,39,45)/t24-,25-,26+,33+/m1/s1. The fourth-order valence-corrected chi connectivity index (χ4v) is 6.18. The topological polar surface area (TPSA) is 120 Å². The number of carbonyl (C=O) groups is 3. The van der Waals surface area contributed by atoms with E-state index in [0.717, 1.165) is 51.4 Å². The Bertz CT molecular complexity index is 1340. The lowest BCUT2D eigenvalue weighted by Crippen LogP contribution is -2.48. The molecule has 0 spiro atoms. The van der Waals surface area contributed by atoms with Crippen molar-refractivity contribution in [2.75, 3.05) is 44.0 Å². The van der Waals surface area contributed by atoms with Crippen molar-refractivity contribution in [3.05, 3.63) is 53.8 Å². The molecule has 1 saturated carbocycles. The smallest absolute Gasteiger partial charge is 0.321 e. The molecule has 4 rings (SSSR count). The molecule has 0 unspecified atom stereocenters. The van der Waals surface area contributed by atoms with Crippen molar-refractivity contribution in [2.45, 2.75) is 90.4 Å². The molecule has 0 bridgehead atoms. The quantitative estimate of drug-likeness (QED) is 0.322. The van der Waals surface area contributed by atoms with Crippen LogP contribution in [0.5, 0.6) is 5.75 Å². The summed E-state index contributed by atoms with van der Waals surface area (Å²) in [5.74, 6) is -0.582. The average molecular weight is 655 g/mol. The highest BCUT2D eigenvalue weighted by Gasteiger charge is 2.31. The number of likely N-dealkylation sites (N-methyl/N-ethyl adjacent to an activating group) is 1. The second-order valence-electron chi connectivity index (χ2n) is 13.2. The zero-order valence-corrected chi connectivity index (χ0v) is 28.2. The predicted molar refractivity (Wildman–Crippen MR) is 180 cm³/mol. The molecule has 0 saturated heterocycles. The van der Waals surface area contributed by atoms with Gasteiger partial charge in [0.15, 0.2) is 0 Å². The number of amides is 4. The van der Waals surface area contributed by atoms with Crippen LogP contribution in [-0.2, 0) is 9.53 Å². The molecule has 0 radical (unpaired) electrons. The molecule has 2 aliphatic rings. The monoisotopic (exact) mass is 654 g/mol. The third-order valence-corrected chi connectivity index (χ3v) is 9.19. The van der Waals surface area contributed by atoms with Crippen LogP contribution >= 0.6 is 0 Å². The SMILES string of the molecule is C[C@@H]1CN([C@H](C)CO)C(=O)c2cc(NC(=O)C3CCCCC3)ccc2O[C@@H](C)CCCCO[C@H]1CN(C)C(=O)Nc1ccc(F)cc1. The van der Waals surface area contributed by atoms with E-state index in [-0.39, 0.29) is 55.5 Å². The van der Waals surface area contributed by atoms with Crippen LogP contribution in [0.15, 0.2) is 42.5 Å². The molecule has 4 atom stereocenters. The number of ether oxygens (including phenoxy) is 2. The second kappa shape index (κ2) is 17.5. The number of halogens is 1. The highest BCUT2D eigenvalue weighted by molar-refractivity contribution is 6.00. The highest BCUT2D eigenvalue weighted by atomic mass is 19.1. The Labute approximate surface area is 278 Å². The molecule has 1 aliphatic heterocycles. The van der Waals surface area contributed by atoms with E-state index in [0.29, 0.717) is 29.3 Å². The van der Waals surface area contributed by atoms with Gasteiger partial charge in [-0.25, -0.2) is 9.18 Å². The molecule has 4 amide bonds. The molecule has 3 N–H and O–H groups in total. The first-order valence-electron chi connectivity index (χ1n) is 17.0. The molecule has 1 aliphatic carbocycles. The number of fused-ring (bicyclic) bond motifs is 1. The zero-order valence-electron chi connectivity index (χ0n) is 28.2. The van der Waals surface area contributed by atoms with E-state index in [9.17, 15) is 23.9 Å². The zero-order chi connectivity index (χ0) is 33.9. The lowest BCUT2D eigenvalue weighted by Gasteiger charge is -2.35. The van der Waals surface area contributed by atoms with Gasteiger partial charge >= 0.3 is 6.03 Å². The van der Waals surface area contributed by atoms with E-state index in [4.69, 9.17) is 9.47 Å². The summed E-state index contributed by atoms with van der Waals surface area (Å²) >= 11 is 0. The fraction of sp³-hybridized carbons (Fsp3) is 0.583. The largest absolute Gasteiger partial charge is 0.490 e. The molecule has 1 heterocycles. The van der Waals surface area contributed by atoms with Gasteiger partial charge in [-0.3, -0.25) is 9.59 Å². The van der Waals surface area contributed by atoms with Crippen molar-refractivity contribution < 1.29 is 33.4 Å². The number of carbonyl (C=O) groups excluding carboxylic acids is 3. The minimum absolute atomic E-state index is 0.0333. The van der Waals surface area contributed by atoms with Gasteiger partial charge in [-0.05, 0) is 88.4 Å². The number of aliphatic hydroxyl groups is 1. The lowest BCUT2D eigenvalue weighted by atomic mass is 9.88. The summed E-state index contributed by atoms with van der Waals surface area (Å²) in [5, 5.41) is 16.0. The van der Waals surface area contributed by atoms with Crippen molar-refractivity contribution >= 4 is 29.2 Å². The first-order valence-corrected chi connectivity index (χ1v) is 17.0. The molecule has 10 nitrogen and oxygen atoms in total. The first-order chi connectivity index (χ1) is 22.5. The van der Waals surface area contributed by atoms with Crippen molar-refractivity contribution in [3.8, 4) is 5.75 Å². The van der Waals surface area contributed by atoms with Gasteiger partial charge in [0, 0.05) is 50.0 Å². The number of urea groups is 1. The van der Waals surface area contributed by atoms with Crippen molar-refractivity contribution in [3.63, 3.8) is 0 Å². The maximum absolute atomic E-state index is 14.3. The summed E-state index contributed by atoms with van der Waals surface area (Å²) in [6.07, 6.45) is 6.74. The molecular formula is C36H51FN4O6. The van der Waals surface area contributed by atoms with Gasteiger partial charge in [0.25, 0.3) is 5.91 Å². The summed E-state index contributed by atoms with van der Waals surface area (Å²) in [7, 11) is 1.66. The van der Waals surface area contributed by atoms with Gasteiger partial charge in [-0.2, -0.15) is 0 Å². The van der Waals surface area contributed by atoms with E-state index in [1.54, 1.807) is 37.1 Å². The van der Waals surface area contributed by atoms with Crippen LogP contribution in [0.1, 0.15) is 82.5 Å². The number of nitrogens with zero attached hydrogens (tertiary/aromatic N) is 2. The average Bonchev–Trinajstić information content (AvgIpc) is 3.07. The number of hydrogen-bond acceptors (Lipinski definition) is 6. The molecule has 0 aromatic heterocycles. The summed E-state index contributed by atoms with van der Waals surface area (Å²) < 4.78 is 26.0. The van der Waals surface area contributed by atoms with Gasteiger partial charge in [0.1, 0.15) is 11.6 Å². The van der Waals surface area contributed by atoms with Gasteiger partial charge < -0.3 is 35.0 Å². The molecule has 2 aromatic carbocycles. The van der Waals surface area contributed by atoms with Crippen molar-refractivity contribution in [2.24, 2.45) is 11.8 Å². The molecule has 1 fully saturated rings. The Morgan fingerprint density at radius 1 is 1.00 bits per heavy atom. The lowest BCUT2D eigenvalue weighted by molar-refractivity contribution is -0.120. The Kier molecular flexibility index (Phi) is 13.4. The maximum atomic E-state index is 14.3. The molecule has 2 aromatic rings. The van der Waals surface area contributed by atoms with Gasteiger partial charge in [-0.1, -0.05) is 26.2 Å². The number of nitrogens with one attached hydrogen (secondary N) is 2. The summed E-state index contributed by atoms with van der Waals surface area (Å²) in [6, 6.07) is 9.87. The van der Waals surface area contributed by atoms with E-state index >= 15 is 0 Å². The van der Waals surface area contributed by atoms with E-state index in [1.165, 1.54) is 29.2 Å². The number of hydrogen-bond donors (Lipinski definition) is 3. The van der Waals surface area contributed by atoms with Crippen LogP contribution in [0.3, 0.4) is 0 Å². The molecule has 258 valence electrons. The minimum Gasteiger partial charge on any atom is -0.490 e. The van der Waals surface area contributed by atoms with Gasteiger partial charge in [0.2, 0.25) is 5.91 Å². The first kappa shape index (κ1) is 36.1. The predicted octanol–water partition coefficient (Wildman–Crippen LogP) is 6.30. The maximum Gasteiger partial charge on any atom is 0.321 e. The third-order valence-electron chi connectivity index (χ3n) is 9.19. The van der Waals surface area contributed by atoms with E-state index < -0.39 is 18.0 Å². The van der Waals surface area contributed by atoms with Crippen LogP contribution in [0, 0.1) is 17.7 Å². The van der Waals surface area contributed by atoms with Crippen LogP contribution in [-0.4, -0.2) is 84.4 Å². The van der Waals surface area contributed by atoms with Crippen molar-refractivity contribution in [1.29, 1.82) is 0 Å². The summed E-state index contributed by atoms with van der Waals surface area (Å²) in [5.41, 5.74) is 1.32. The highest BCUT2D eigenvalue weighted by Crippen LogP contribution is 2.30. The normalized spacial score (nSPS) is 22.3. The van der Waals surface area contributed by atoms with Crippen LogP contribution in [0.25, 0.3) is 0 Å². The fourth-order valence-electron chi connectivity index (χ4n) is 6.18. The third kappa shape index (κ3) is 10.4. The Morgan fingerprint density at radius 2 is 1.68 bits per heavy atom. The summed E-state index contributed by atoms with van der Waals surface area (Å²) in [4.78, 5) is 43.6. The number of aliphatic hydroxyl groups excluding tert-OH is 1. The van der Waals surface area contributed by atoms with E-state index in [2.05, 4.69) is 10.6 Å². The number of benzene rings is 2. The molecule has 11 heteroatoms. The van der Waals surface area contributed by atoms with Crippen LogP contribution in [0.4, 0.5) is 20.6 Å². The molecule has 47 heavy (non-hydrogen) atoms. The van der Waals surface area contributed by atoms with Crippen molar-refractivity contribution in [1.82, 2.24) is 9.80 Å². The Balaban J connectivity index is 1.57. The second-order valence-corrected chi connectivity index (χ2v) is 13.2. The number of anilines is 2. The van der Waals surface area contributed by atoms with E-state index in [1.807, 2.05) is 13.8 Å². The number of rotatable bonds is 7. The van der Waals surface area contributed by atoms with Crippen LogP contribution in [0.2, 0.25) is 0 Å². The van der Waals surface area contributed by atoms with Gasteiger partial charge in [-0.15, -0.1) is 0 Å². The summed E-state index contributed by atoms with van der Waals surface area (Å²) in [6.45, 7) is 6.42. The molecular weight excluding hydrogens is 603 g/mol. The minimum atomic E-state index is -0.524. The Hall–Kier alpha value is -3.70. The Morgan fingerprint density at radius 3 is 2.38 bits per heavy atom. The van der Waals surface area contributed by atoms with Gasteiger partial charge in [0.05, 0.1) is 30.4 Å². The van der Waals surface area contributed by atoms with Crippen LogP contribution < -0.4 is 15.4 Å².